The second kappa shape index (κ2) is 5.43. The average Bonchev–Trinajstić information content (AvgIpc) is 2.83. The van der Waals surface area contributed by atoms with Gasteiger partial charge in [-0.05, 0) is 23.3 Å². The fourth-order valence-corrected chi connectivity index (χ4v) is 2.79. The molecule has 0 atom stereocenters. The van der Waals surface area contributed by atoms with Gasteiger partial charge in [0.25, 0.3) is 0 Å². The number of hydrogen-bond donors (Lipinski definition) is 1. The van der Waals surface area contributed by atoms with Crippen LogP contribution in [0.5, 0.6) is 0 Å². The molecule has 3 rings (SSSR count). The molecule has 0 unspecified atom stereocenters. The van der Waals surface area contributed by atoms with Crippen LogP contribution in [0.3, 0.4) is 0 Å². The van der Waals surface area contributed by atoms with Crippen LogP contribution < -0.4 is 5.32 Å². The van der Waals surface area contributed by atoms with E-state index in [1.807, 2.05) is 31.2 Å². The summed E-state index contributed by atoms with van der Waals surface area (Å²) in [5.41, 5.74) is 1.01. The molecule has 0 bridgehead atoms. The highest BCUT2D eigenvalue weighted by atomic mass is 32.1. The third-order valence-electron chi connectivity index (χ3n) is 3.05. The quantitative estimate of drug-likeness (QED) is 0.794. The predicted octanol–water partition coefficient (Wildman–Crippen LogP) is 3.79. The molecule has 0 aliphatic rings. The van der Waals surface area contributed by atoms with Gasteiger partial charge in [-0.2, -0.15) is 0 Å². The molecule has 0 radical (unpaired) electrons. The summed E-state index contributed by atoms with van der Waals surface area (Å²) >= 11 is 1.49. The van der Waals surface area contributed by atoms with Gasteiger partial charge in [0.15, 0.2) is 5.13 Å². The second-order valence-electron chi connectivity index (χ2n) is 4.68. The number of anilines is 1. The number of carbonyl (C=O) groups excluding carboxylic acids is 1. The van der Waals surface area contributed by atoms with Crippen molar-refractivity contribution in [2.24, 2.45) is 0 Å². The average molecular weight is 282 g/mol. The van der Waals surface area contributed by atoms with Crippen LogP contribution in [-0.4, -0.2) is 10.9 Å². The van der Waals surface area contributed by atoms with Crippen LogP contribution in [0.2, 0.25) is 0 Å². The van der Waals surface area contributed by atoms with Crippen molar-refractivity contribution in [3.05, 3.63) is 59.1 Å². The van der Waals surface area contributed by atoms with Gasteiger partial charge in [0.2, 0.25) is 5.91 Å². The summed E-state index contributed by atoms with van der Waals surface area (Å²) in [5, 5.41) is 5.83. The van der Waals surface area contributed by atoms with Crippen molar-refractivity contribution in [2.45, 2.75) is 13.3 Å². The molecule has 3 aromatic rings. The molecule has 1 heterocycles. The van der Waals surface area contributed by atoms with E-state index in [9.17, 15) is 4.79 Å². The number of rotatable bonds is 3. The Balaban J connectivity index is 1.73. The van der Waals surface area contributed by atoms with E-state index < -0.39 is 0 Å². The van der Waals surface area contributed by atoms with E-state index in [1.165, 1.54) is 16.7 Å². The number of nitrogens with zero attached hydrogens (tertiary/aromatic N) is 1. The summed E-state index contributed by atoms with van der Waals surface area (Å²) in [7, 11) is 0. The van der Waals surface area contributed by atoms with Gasteiger partial charge in [-0.1, -0.05) is 42.5 Å². The largest absolute Gasteiger partial charge is 0.302 e. The summed E-state index contributed by atoms with van der Waals surface area (Å²) in [4.78, 5) is 17.2. The zero-order valence-corrected chi connectivity index (χ0v) is 11.9. The first kappa shape index (κ1) is 12.8. The van der Waals surface area contributed by atoms with Crippen molar-refractivity contribution in [3.63, 3.8) is 0 Å². The second-order valence-corrected chi connectivity index (χ2v) is 5.92. The smallest absolute Gasteiger partial charge is 0.230 e. The Kier molecular flexibility index (Phi) is 3.48. The summed E-state index contributed by atoms with van der Waals surface area (Å²) < 4.78 is 0. The first-order chi connectivity index (χ1) is 9.70. The Morgan fingerprint density at radius 1 is 1.20 bits per heavy atom. The van der Waals surface area contributed by atoms with Crippen LogP contribution in [0.25, 0.3) is 10.8 Å². The van der Waals surface area contributed by atoms with Crippen LogP contribution in [0.15, 0.2) is 48.7 Å². The molecule has 0 spiro atoms. The lowest BCUT2D eigenvalue weighted by molar-refractivity contribution is -0.115. The minimum absolute atomic E-state index is 0.0327. The number of hydrogen-bond acceptors (Lipinski definition) is 3. The minimum atomic E-state index is -0.0327. The van der Waals surface area contributed by atoms with Gasteiger partial charge < -0.3 is 5.32 Å². The third kappa shape index (κ3) is 2.86. The van der Waals surface area contributed by atoms with Gasteiger partial charge in [0.1, 0.15) is 0 Å². The fourth-order valence-electron chi connectivity index (χ4n) is 2.11. The molecule has 0 saturated carbocycles. The number of thiazole rings is 1. The van der Waals surface area contributed by atoms with Crippen molar-refractivity contribution in [3.8, 4) is 0 Å². The lowest BCUT2D eigenvalue weighted by Gasteiger charge is -2.04. The van der Waals surface area contributed by atoms with Gasteiger partial charge in [-0.3, -0.25) is 4.79 Å². The zero-order valence-electron chi connectivity index (χ0n) is 11.1. The maximum atomic E-state index is 12.0. The molecule has 1 amide bonds. The van der Waals surface area contributed by atoms with Crippen molar-refractivity contribution in [2.75, 3.05) is 5.32 Å². The van der Waals surface area contributed by atoms with Crippen LogP contribution in [0.1, 0.15) is 10.4 Å². The number of fused-ring (bicyclic) bond motifs is 1. The monoisotopic (exact) mass is 282 g/mol. The lowest BCUT2D eigenvalue weighted by atomic mass is 10.1. The SMILES string of the molecule is Cc1cnc(NC(=O)Cc2ccc3ccccc3c2)s1. The molecule has 1 aromatic heterocycles. The molecule has 0 saturated heterocycles. The molecule has 2 aromatic carbocycles. The van der Waals surface area contributed by atoms with Crippen LogP contribution in [0.4, 0.5) is 5.13 Å². The molecule has 0 fully saturated rings. The third-order valence-corrected chi connectivity index (χ3v) is 3.87. The Morgan fingerprint density at radius 2 is 2.00 bits per heavy atom. The van der Waals surface area contributed by atoms with Crippen molar-refractivity contribution >= 4 is 33.1 Å². The minimum Gasteiger partial charge on any atom is -0.302 e. The Morgan fingerprint density at radius 3 is 2.75 bits per heavy atom. The maximum Gasteiger partial charge on any atom is 0.230 e. The summed E-state index contributed by atoms with van der Waals surface area (Å²) in [6.45, 7) is 1.97. The van der Waals surface area contributed by atoms with Crippen LogP contribution in [0, 0.1) is 6.92 Å². The van der Waals surface area contributed by atoms with Crippen LogP contribution >= 0.6 is 11.3 Å². The predicted molar refractivity (Wildman–Crippen MR) is 83.1 cm³/mol. The maximum absolute atomic E-state index is 12.0. The van der Waals surface area contributed by atoms with Gasteiger partial charge in [-0.15, -0.1) is 11.3 Å². The zero-order chi connectivity index (χ0) is 13.9. The molecular weight excluding hydrogens is 268 g/mol. The van der Waals surface area contributed by atoms with Crippen molar-refractivity contribution in [1.29, 1.82) is 0 Å². The van der Waals surface area contributed by atoms with Crippen molar-refractivity contribution < 1.29 is 4.79 Å². The number of aromatic nitrogens is 1. The molecule has 100 valence electrons. The highest BCUT2D eigenvalue weighted by Crippen LogP contribution is 2.18. The number of amides is 1. The van der Waals surface area contributed by atoms with Gasteiger partial charge in [-0.25, -0.2) is 4.98 Å². The summed E-state index contributed by atoms with van der Waals surface area (Å²) in [6.07, 6.45) is 2.12. The van der Waals surface area contributed by atoms with E-state index >= 15 is 0 Å². The Hall–Kier alpha value is -2.20. The summed E-state index contributed by atoms with van der Waals surface area (Å²) in [6, 6.07) is 14.2. The topological polar surface area (TPSA) is 42.0 Å². The highest BCUT2D eigenvalue weighted by molar-refractivity contribution is 7.15. The lowest BCUT2D eigenvalue weighted by Crippen LogP contribution is -2.14. The molecule has 3 nitrogen and oxygen atoms in total. The van der Waals surface area contributed by atoms with Gasteiger partial charge in [0, 0.05) is 11.1 Å². The molecule has 20 heavy (non-hydrogen) atoms. The Bertz CT molecular complexity index is 764. The van der Waals surface area contributed by atoms with Crippen LogP contribution in [-0.2, 0) is 11.2 Å². The highest BCUT2D eigenvalue weighted by Gasteiger charge is 2.07. The van der Waals surface area contributed by atoms with Gasteiger partial charge >= 0.3 is 0 Å². The normalized spacial score (nSPS) is 10.7. The van der Waals surface area contributed by atoms with Gasteiger partial charge in [0.05, 0.1) is 6.42 Å². The van der Waals surface area contributed by atoms with E-state index in [2.05, 4.69) is 28.5 Å². The van der Waals surface area contributed by atoms with E-state index in [0.29, 0.717) is 11.6 Å². The molecule has 0 aliphatic carbocycles. The van der Waals surface area contributed by atoms with E-state index in [1.54, 1.807) is 6.20 Å². The molecule has 0 aliphatic heterocycles. The number of carbonyl (C=O) groups is 1. The Labute approximate surface area is 121 Å². The first-order valence-corrected chi connectivity index (χ1v) is 7.22. The molecule has 4 heteroatoms. The van der Waals surface area contributed by atoms with E-state index in [-0.39, 0.29) is 5.91 Å². The number of nitrogens with one attached hydrogen (secondary N) is 1. The standard InChI is InChI=1S/C16H14N2OS/c1-11-10-17-16(20-11)18-15(19)9-12-6-7-13-4-2-3-5-14(13)8-12/h2-8,10H,9H2,1H3,(H,17,18,19). The van der Waals surface area contributed by atoms with E-state index in [0.717, 1.165) is 15.8 Å². The van der Waals surface area contributed by atoms with Crippen molar-refractivity contribution in [1.82, 2.24) is 4.98 Å². The number of benzene rings is 2. The molecule has 1 N–H and O–H groups in total. The summed E-state index contributed by atoms with van der Waals surface area (Å²) in [5.74, 6) is -0.0327. The molecular formula is C16H14N2OS. The number of aryl methyl sites for hydroxylation is 1. The van der Waals surface area contributed by atoms with E-state index in [4.69, 9.17) is 0 Å². The fraction of sp³-hybridized carbons (Fsp3) is 0.125. The first-order valence-electron chi connectivity index (χ1n) is 6.41.